The third kappa shape index (κ3) is 2.38. The number of alkyl halides is 3. The Kier molecular flexibility index (Phi) is 3.04. The van der Waals surface area contributed by atoms with Crippen LogP contribution in [0.1, 0.15) is 31.0 Å². The van der Waals surface area contributed by atoms with E-state index in [0.717, 1.165) is 12.3 Å². The second-order valence-electron chi connectivity index (χ2n) is 3.24. The zero-order chi connectivity index (χ0) is 10.9. The Labute approximate surface area is 84.9 Å². The largest absolute Gasteiger partial charge is 0.417 e. The number of halogens is 4. The summed E-state index contributed by atoms with van der Waals surface area (Å²) in [5.74, 6) is 0.0183. The maximum atomic E-state index is 12.2. The molecule has 0 saturated carbocycles. The van der Waals surface area contributed by atoms with Gasteiger partial charge >= 0.3 is 6.18 Å². The first-order chi connectivity index (χ1) is 6.32. The molecular formula is C9H9ClF3N. The zero-order valence-corrected chi connectivity index (χ0v) is 8.45. The average molecular weight is 224 g/mol. The van der Waals surface area contributed by atoms with Crippen molar-refractivity contribution < 1.29 is 13.2 Å². The van der Waals surface area contributed by atoms with Crippen LogP contribution in [0, 0.1) is 0 Å². The zero-order valence-electron chi connectivity index (χ0n) is 7.69. The average Bonchev–Trinajstić information content (AvgIpc) is 2.01. The Hall–Kier alpha value is -0.770. The summed E-state index contributed by atoms with van der Waals surface area (Å²) in [5.41, 5.74) is -0.327. The van der Waals surface area contributed by atoms with Crippen molar-refractivity contribution in [3.8, 4) is 0 Å². The minimum absolute atomic E-state index is 0.0183. The van der Waals surface area contributed by atoms with Crippen molar-refractivity contribution >= 4 is 11.6 Å². The summed E-state index contributed by atoms with van der Waals surface area (Å²) in [6.45, 7) is 3.64. The van der Waals surface area contributed by atoms with Gasteiger partial charge in [0.2, 0.25) is 0 Å². The molecular weight excluding hydrogens is 215 g/mol. The van der Waals surface area contributed by atoms with Gasteiger partial charge in [-0.25, -0.2) is 0 Å². The maximum Gasteiger partial charge on any atom is 0.417 e. The number of aromatic nitrogens is 1. The van der Waals surface area contributed by atoms with E-state index in [0.29, 0.717) is 5.69 Å². The van der Waals surface area contributed by atoms with Gasteiger partial charge in [-0.15, -0.1) is 0 Å². The number of nitrogens with zero attached hydrogens (tertiary/aromatic N) is 1. The van der Waals surface area contributed by atoms with Crippen molar-refractivity contribution in [2.24, 2.45) is 0 Å². The predicted molar refractivity (Wildman–Crippen MR) is 48.3 cm³/mol. The monoisotopic (exact) mass is 223 g/mol. The topological polar surface area (TPSA) is 12.9 Å². The van der Waals surface area contributed by atoms with Gasteiger partial charge in [-0.05, 0) is 12.0 Å². The molecule has 0 aromatic carbocycles. The Morgan fingerprint density at radius 3 is 2.29 bits per heavy atom. The van der Waals surface area contributed by atoms with E-state index < -0.39 is 11.7 Å². The molecule has 1 rings (SSSR count). The fraction of sp³-hybridized carbons (Fsp3) is 0.444. The molecule has 14 heavy (non-hydrogen) atoms. The van der Waals surface area contributed by atoms with Gasteiger partial charge < -0.3 is 0 Å². The maximum absolute atomic E-state index is 12.2. The van der Waals surface area contributed by atoms with Gasteiger partial charge in [-0.1, -0.05) is 25.4 Å². The van der Waals surface area contributed by atoms with Crippen LogP contribution in [0.2, 0.25) is 5.02 Å². The van der Waals surface area contributed by atoms with Crippen molar-refractivity contribution in [1.29, 1.82) is 0 Å². The molecule has 0 aliphatic carbocycles. The van der Waals surface area contributed by atoms with Crippen molar-refractivity contribution in [2.45, 2.75) is 25.9 Å². The van der Waals surface area contributed by atoms with E-state index in [2.05, 4.69) is 4.98 Å². The van der Waals surface area contributed by atoms with Crippen LogP contribution in [0.15, 0.2) is 12.3 Å². The second kappa shape index (κ2) is 3.77. The van der Waals surface area contributed by atoms with Gasteiger partial charge in [0.1, 0.15) is 0 Å². The highest BCUT2D eigenvalue weighted by Gasteiger charge is 2.31. The van der Waals surface area contributed by atoms with Crippen molar-refractivity contribution in [1.82, 2.24) is 4.98 Å². The fourth-order valence-electron chi connectivity index (χ4n) is 1.03. The van der Waals surface area contributed by atoms with E-state index in [9.17, 15) is 13.2 Å². The number of pyridine rings is 1. The van der Waals surface area contributed by atoms with E-state index in [1.165, 1.54) is 0 Å². The first-order valence-electron chi connectivity index (χ1n) is 4.05. The van der Waals surface area contributed by atoms with Crippen LogP contribution >= 0.6 is 11.6 Å². The summed E-state index contributed by atoms with van der Waals surface area (Å²) in [4.78, 5) is 3.69. The third-order valence-corrected chi connectivity index (χ3v) is 2.05. The highest BCUT2D eigenvalue weighted by molar-refractivity contribution is 6.31. The molecule has 0 fully saturated rings. The van der Waals surface area contributed by atoms with Crippen LogP contribution < -0.4 is 0 Å². The molecule has 0 unspecified atom stereocenters. The van der Waals surface area contributed by atoms with Crippen LogP contribution in [0.4, 0.5) is 13.2 Å². The highest BCUT2D eigenvalue weighted by atomic mass is 35.5. The molecule has 0 atom stereocenters. The molecule has 0 spiro atoms. The molecule has 0 aliphatic rings. The predicted octanol–water partition coefficient (Wildman–Crippen LogP) is 3.88. The summed E-state index contributed by atoms with van der Waals surface area (Å²) < 4.78 is 36.6. The first-order valence-corrected chi connectivity index (χ1v) is 4.43. The number of hydrogen-bond acceptors (Lipinski definition) is 1. The van der Waals surface area contributed by atoms with E-state index in [1.54, 1.807) is 0 Å². The minimum atomic E-state index is -4.38. The smallest absolute Gasteiger partial charge is 0.259 e. The van der Waals surface area contributed by atoms with Crippen LogP contribution in [0.3, 0.4) is 0 Å². The molecule has 0 saturated heterocycles. The lowest BCUT2D eigenvalue weighted by Crippen LogP contribution is -2.07. The summed E-state index contributed by atoms with van der Waals surface area (Å²) in [7, 11) is 0. The Bertz CT molecular complexity index is 333. The molecule has 0 N–H and O–H groups in total. The number of rotatable bonds is 1. The van der Waals surface area contributed by atoms with Gasteiger partial charge in [0.25, 0.3) is 0 Å². The van der Waals surface area contributed by atoms with E-state index in [4.69, 9.17) is 11.6 Å². The van der Waals surface area contributed by atoms with Gasteiger partial charge in [-0.2, -0.15) is 13.2 Å². The normalized spacial score (nSPS) is 12.2. The van der Waals surface area contributed by atoms with E-state index in [-0.39, 0.29) is 10.9 Å². The summed E-state index contributed by atoms with van der Waals surface area (Å²) >= 11 is 5.67. The van der Waals surface area contributed by atoms with Crippen molar-refractivity contribution in [3.63, 3.8) is 0 Å². The van der Waals surface area contributed by atoms with Crippen LogP contribution in [0.5, 0.6) is 0 Å². The molecule has 1 aromatic heterocycles. The molecule has 1 aromatic rings. The van der Waals surface area contributed by atoms with Gasteiger partial charge in [0.15, 0.2) is 0 Å². The first kappa shape index (κ1) is 11.3. The Balaban J connectivity index is 3.13. The molecule has 78 valence electrons. The lowest BCUT2D eigenvalue weighted by molar-refractivity contribution is -0.137. The van der Waals surface area contributed by atoms with Gasteiger partial charge in [0.05, 0.1) is 16.3 Å². The molecule has 1 nitrogen and oxygen atoms in total. The second-order valence-corrected chi connectivity index (χ2v) is 3.65. The number of hydrogen-bond donors (Lipinski definition) is 0. The Morgan fingerprint density at radius 2 is 1.93 bits per heavy atom. The molecule has 0 aliphatic heterocycles. The quantitative estimate of drug-likeness (QED) is 0.704. The standard InChI is InChI=1S/C9H9ClF3N/c1-5(2)8-7(10)3-6(4-14-8)9(11,12)13/h3-5H,1-2H3. The molecule has 5 heteroatoms. The van der Waals surface area contributed by atoms with Crippen molar-refractivity contribution in [2.75, 3.05) is 0 Å². The lowest BCUT2D eigenvalue weighted by atomic mass is 10.1. The Morgan fingerprint density at radius 1 is 1.36 bits per heavy atom. The highest BCUT2D eigenvalue weighted by Crippen LogP contribution is 2.32. The van der Waals surface area contributed by atoms with Crippen LogP contribution in [-0.2, 0) is 6.18 Å². The summed E-state index contributed by atoms with van der Waals surface area (Å²) in [6.07, 6.45) is -3.58. The third-order valence-electron chi connectivity index (χ3n) is 1.74. The van der Waals surface area contributed by atoms with E-state index in [1.807, 2.05) is 13.8 Å². The minimum Gasteiger partial charge on any atom is -0.259 e. The SMILES string of the molecule is CC(C)c1ncc(C(F)(F)F)cc1Cl. The van der Waals surface area contributed by atoms with Crippen molar-refractivity contribution in [3.05, 3.63) is 28.5 Å². The van der Waals surface area contributed by atoms with Gasteiger partial charge in [0, 0.05) is 6.20 Å². The van der Waals surface area contributed by atoms with Gasteiger partial charge in [-0.3, -0.25) is 4.98 Å². The van der Waals surface area contributed by atoms with Crippen LogP contribution in [0.25, 0.3) is 0 Å². The van der Waals surface area contributed by atoms with E-state index >= 15 is 0 Å². The molecule has 0 amide bonds. The molecule has 1 heterocycles. The van der Waals surface area contributed by atoms with Crippen LogP contribution in [-0.4, -0.2) is 4.98 Å². The lowest BCUT2D eigenvalue weighted by Gasteiger charge is -2.10. The fourth-order valence-corrected chi connectivity index (χ4v) is 1.41. The summed E-state index contributed by atoms with van der Waals surface area (Å²) in [5, 5.41) is 0.0647. The summed E-state index contributed by atoms with van der Waals surface area (Å²) in [6, 6.07) is 0.907. The molecule has 0 bridgehead atoms. The molecule has 0 radical (unpaired) electrons.